The molecule has 1 saturated heterocycles. The average Bonchev–Trinajstić information content (AvgIpc) is 2.76. The number of carbonyl (C=O) groups is 1. The maximum Gasteiger partial charge on any atom is 0.336 e. The molecule has 8 heteroatoms. The Morgan fingerprint density at radius 2 is 2.14 bits per heavy atom. The molecule has 2 rings (SSSR count). The van der Waals surface area contributed by atoms with Crippen molar-refractivity contribution in [2.24, 2.45) is 0 Å². The van der Waals surface area contributed by atoms with E-state index in [2.05, 4.69) is 4.72 Å². The van der Waals surface area contributed by atoms with Crippen molar-refractivity contribution in [1.82, 2.24) is 9.62 Å². The van der Waals surface area contributed by atoms with Crippen LogP contribution in [-0.4, -0.2) is 50.6 Å². The van der Waals surface area contributed by atoms with Crippen LogP contribution in [0, 0.1) is 6.92 Å². The van der Waals surface area contributed by atoms with Gasteiger partial charge in [-0.05, 0) is 44.6 Å². The summed E-state index contributed by atoms with van der Waals surface area (Å²) in [6.07, 6.45) is 0.723. The van der Waals surface area contributed by atoms with Crippen LogP contribution in [0.15, 0.2) is 17.0 Å². The predicted molar refractivity (Wildman–Crippen MR) is 79.4 cm³/mol. The molecule has 1 unspecified atom stereocenters. The molecule has 0 aromatic heterocycles. The normalized spacial score (nSPS) is 19.9. The second kappa shape index (κ2) is 5.92. The number of halogens is 1. The topological polar surface area (TPSA) is 86.7 Å². The first-order chi connectivity index (χ1) is 9.70. The van der Waals surface area contributed by atoms with Crippen LogP contribution in [0.25, 0.3) is 0 Å². The molecule has 1 heterocycles. The monoisotopic (exact) mass is 332 g/mol. The van der Waals surface area contributed by atoms with E-state index in [1.807, 2.05) is 11.9 Å². The van der Waals surface area contributed by atoms with Crippen LogP contribution in [-0.2, 0) is 10.0 Å². The fourth-order valence-corrected chi connectivity index (χ4v) is 4.31. The summed E-state index contributed by atoms with van der Waals surface area (Å²) >= 11 is 5.85. The van der Waals surface area contributed by atoms with Gasteiger partial charge in [0.1, 0.15) is 0 Å². The van der Waals surface area contributed by atoms with Gasteiger partial charge in [0, 0.05) is 17.6 Å². The zero-order valence-corrected chi connectivity index (χ0v) is 13.3. The molecule has 1 aliphatic rings. The summed E-state index contributed by atoms with van der Waals surface area (Å²) in [7, 11) is -1.88. The van der Waals surface area contributed by atoms with Gasteiger partial charge in [-0.1, -0.05) is 11.6 Å². The van der Waals surface area contributed by atoms with E-state index in [1.54, 1.807) is 0 Å². The summed E-state index contributed by atoms with van der Waals surface area (Å²) in [5, 5.41) is 9.20. The summed E-state index contributed by atoms with van der Waals surface area (Å²) in [6.45, 7) is 2.92. The van der Waals surface area contributed by atoms with Crippen LogP contribution in [0.2, 0.25) is 5.02 Å². The SMILES string of the molecule is Cc1c(C(=O)O)cc(Cl)cc1S(=O)(=O)NC1CCN(C)C1. The van der Waals surface area contributed by atoms with Gasteiger partial charge in [-0.2, -0.15) is 0 Å². The molecule has 1 atom stereocenters. The molecule has 1 fully saturated rings. The van der Waals surface area contributed by atoms with Gasteiger partial charge in [-0.3, -0.25) is 0 Å². The summed E-state index contributed by atoms with van der Waals surface area (Å²) in [5.74, 6) is -1.20. The van der Waals surface area contributed by atoms with Gasteiger partial charge in [0.05, 0.1) is 10.5 Å². The van der Waals surface area contributed by atoms with Gasteiger partial charge in [0.25, 0.3) is 0 Å². The number of carboxylic acids is 1. The molecular weight excluding hydrogens is 316 g/mol. The number of nitrogens with one attached hydrogen (secondary N) is 1. The molecule has 0 spiro atoms. The Labute approximate surface area is 128 Å². The Morgan fingerprint density at radius 1 is 1.48 bits per heavy atom. The molecule has 1 aliphatic heterocycles. The number of benzene rings is 1. The fraction of sp³-hybridized carbons (Fsp3) is 0.462. The molecule has 0 radical (unpaired) electrons. The summed E-state index contributed by atoms with van der Waals surface area (Å²) in [4.78, 5) is 13.1. The van der Waals surface area contributed by atoms with Gasteiger partial charge < -0.3 is 10.0 Å². The Hall–Kier alpha value is -1.15. The van der Waals surface area contributed by atoms with Crippen molar-refractivity contribution in [1.29, 1.82) is 0 Å². The van der Waals surface area contributed by atoms with Crippen LogP contribution < -0.4 is 4.72 Å². The fourth-order valence-electron chi connectivity index (χ4n) is 2.47. The van der Waals surface area contributed by atoms with Crippen LogP contribution in [0.5, 0.6) is 0 Å². The van der Waals surface area contributed by atoms with Crippen LogP contribution in [0.3, 0.4) is 0 Å². The van der Waals surface area contributed by atoms with E-state index in [-0.39, 0.29) is 27.1 Å². The minimum absolute atomic E-state index is 0.0815. The molecule has 0 aliphatic carbocycles. The van der Waals surface area contributed by atoms with Gasteiger partial charge in [0.15, 0.2) is 0 Å². The van der Waals surface area contributed by atoms with Gasteiger partial charge in [-0.25, -0.2) is 17.9 Å². The lowest BCUT2D eigenvalue weighted by Gasteiger charge is -2.16. The summed E-state index contributed by atoms with van der Waals surface area (Å²) < 4.78 is 27.5. The average molecular weight is 333 g/mol. The molecule has 21 heavy (non-hydrogen) atoms. The number of sulfonamides is 1. The largest absolute Gasteiger partial charge is 0.478 e. The first kappa shape index (κ1) is 16.2. The zero-order chi connectivity index (χ0) is 15.8. The van der Waals surface area contributed by atoms with Crippen molar-refractivity contribution in [3.8, 4) is 0 Å². The number of likely N-dealkylation sites (N-methyl/N-ethyl adjacent to an activating group) is 1. The number of hydrogen-bond acceptors (Lipinski definition) is 4. The standard InChI is InChI=1S/C13H17ClN2O4S/c1-8-11(13(17)18)5-9(14)6-12(8)21(19,20)15-10-3-4-16(2)7-10/h5-6,10,15H,3-4,7H2,1-2H3,(H,17,18). The second-order valence-electron chi connectivity index (χ2n) is 5.25. The highest BCUT2D eigenvalue weighted by atomic mass is 35.5. The first-order valence-electron chi connectivity index (χ1n) is 6.45. The first-order valence-corrected chi connectivity index (χ1v) is 8.31. The Kier molecular flexibility index (Phi) is 4.57. The third kappa shape index (κ3) is 3.55. The van der Waals surface area contributed by atoms with E-state index in [0.717, 1.165) is 13.0 Å². The highest BCUT2D eigenvalue weighted by Crippen LogP contribution is 2.25. The van der Waals surface area contributed by atoms with Crippen LogP contribution >= 0.6 is 11.6 Å². The minimum atomic E-state index is -3.80. The molecule has 0 amide bonds. The molecular formula is C13H17ClN2O4S. The number of rotatable bonds is 4. The smallest absolute Gasteiger partial charge is 0.336 e. The number of aromatic carboxylic acids is 1. The predicted octanol–water partition coefficient (Wildman–Crippen LogP) is 1.33. The van der Waals surface area contributed by atoms with E-state index in [4.69, 9.17) is 16.7 Å². The van der Waals surface area contributed by atoms with Crippen molar-refractivity contribution in [2.45, 2.75) is 24.3 Å². The Balaban J connectivity index is 2.38. The van der Waals surface area contributed by atoms with Crippen molar-refractivity contribution in [3.05, 3.63) is 28.3 Å². The van der Waals surface area contributed by atoms with Crippen molar-refractivity contribution in [3.63, 3.8) is 0 Å². The van der Waals surface area contributed by atoms with Gasteiger partial charge in [0.2, 0.25) is 10.0 Å². The molecule has 0 bridgehead atoms. The minimum Gasteiger partial charge on any atom is -0.478 e. The second-order valence-corrected chi connectivity index (χ2v) is 7.37. The third-order valence-electron chi connectivity index (χ3n) is 3.56. The van der Waals surface area contributed by atoms with Crippen molar-refractivity contribution < 1.29 is 18.3 Å². The lowest BCUT2D eigenvalue weighted by atomic mass is 10.1. The number of carboxylic acid groups (broad SMARTS) is 1. The van der Waals surface area contributed by atoms with Crippen molar-refractivity contribution >= 4 is 27.6 Å². The highest BCUT2D eigenvalue weighted by Gasteiger charge is 2.28. The molecule has 2 N–H and O–H groups in total. The highest BCUT2D eigenvalue weighted by molar-refractivity contribution is 7.89. The maximum atomic E-state index is 12.5. The van der Waals surface area contributed by atoms with Crippen LogP contribution in [0.1, 0.15) is 22.3 Å². The maximum absolute atomic E-state index is 12.5. The van der Waals surface area contributed by atoms with Gasteiger partial charge in [-0.15, -0.1) is 0 Å². The van der Waals surface area contributed by atoms with E-state index in [9.17, 15) is 13.2 Å². The molecule has 1 aromatic rings. The van der Waals surface area contributed by atoms with E-state index >= 15 is 0 Å². The zero-order valence-electron chi connectivity index (χ0n) is 11.8. The molecule has 116 valence electrons. The number of hydrogen-bond donors (Lipinski definition) is 2. The summed E-state index contributed by atoms with van der Waals surface area (Å²) in [5.41, 5.74) is 0.0807. The molecule has 0 saturated carbocycles. The van der Waals surface area contributed by atoms with E-state index in [0.29, 0.717) is 6.54 Å². The third-order valence-corrected chi connectivity index (χ3v) is 5.42. The van der Waals surface area contributed by atoms with Gasteiger partial charge >= 0.3 is 5.97 Å². The van der Waals surface area contributed by atoms with E-state index < -0.39 is 16.0 Å². The summed E-state index contributed by atoms with van der Waals surface area (Å²) in [6, 6.07) is 2.36. The lowest BCUT2D eigenvalue weighted by molar-refractivity contribution is 0.0696. The quantitative estimate of drug-likeness (QED) is 0.868. The Morgan fingerprint density at radius 3 is 2.67 bits per heavy atom. The van der Waals surface area contributed by atoms with Crippen LogP contribution in [0.4, 0.5) is 0 Å². The van der Waals surface area contributed by atoms with Crippen molar-refractivity contribution in [2.75, 3.05) is 20.1 Å². The van der Waals surface area contributed by atoms with E-state index in [1.165, 1.54) is 19.1 Å². The number of nitrogens with zero attached hydrogens (tertiary/aromatic N) is 1. The molecule has 1 aromatic carbocycles. The Bertz CT molecular complexity index is 675. The number of likely N-dealkylation sites (tertiary alicyclic amines) is 1. The molecule has 6 nitrogen and oxygen atoms in total. The lowest BCUT2D eigenvalue weighted by Crippen LogP contribution is -2.36.